The van der Waals surface area contributed by atoms with Crippen molar-refractivity contribution in [3.8, 4) is 23.0 Å². The number of fused-ring (bicyclic) bond motifs is 2. The molecule has 0 heterocycles. The summed E-state index contributed by atoms with van der Waals surface area (Å²) in [4.78, 5) is 101. The molecule has 0 saturated heterocycles. The number of nitrogens with zero attached hydrogens (tertiary/aromatic N) is 2. The smallest absolute Gasteiger partial charge is 0.343 e. The monoisotopic (exact) mass is 1090 g/mol. The van der Waals surface area contributed by atoms with Crippen LogP contribution in [0.5, 0.6) is 23.0 Å². The highest BCUT2D eigenvalue weighted by Crippen LogP contribution is 2.38. The van der Waals surface area contributed by atoms with E-state index in [2.05, 4.69) is 23.8 Å². The summed E-state index contributed by atoms with van der Waals surface area (Å²) in [6.07, 6.45) is 8.55. The molecule has 2 N–H and O–H groups in total. The van der Waals surface area contributed by atoms with Crippen LogP contribution in [0.1, 0.15) is 115 Å². The Balaban J connectivity index is 1.03. The van der Waals surface area contributed by atoms with Crippen LogP contribution in [0.2, 0.25) is 0 Å². The Morgan fingerprint density at radius 2 is 0.863 bits per heavy atom. The third-order valence-corrected chi connectivity index (χ3v) is 12.5. The largest absolute Gasteiger partial charge is 0.494 e. The summed E-state index contributed by atoms with van der Waals surface area (Å²) in [6, 6.07) is 29.2. The van der Waals surface area contributed by atoms with Crippen molar-refractivity contribution in [3.63, 3.8) is 0 Å². The number of hydrogen-bond acceptors (Lipinski definition) is 18. The van der Waals surface area contributed by atoms with E-state index in [1.165, 1.54) is 84.9 Å². The zero-order valence-electron chi connectivity index (χ0n) is 43.4. The van der Waals surface area contributed by atoms with Crippen molar-refractivity contribution in [1.82, 2.24) is 0 Å². The molecule has 0 amide bonds. The van der Waals surface area contributed by atoms with Crippen molar-refractivity contribution < 1.29 is 67.0 Å². The first-order valence-electron chi connectivity index (χ1n) is 25.6. The molecule has 6 aromatic rings. The predicted octanol–water partition coefficient (Wildman–Crippen LogP) is 11.3. The van der Waals surface area contributed by atoms with Gasteiger partial charge in [0.2, 0.25) is 0 Å². The van der Waals surface area contributed by atoms with Crippen LogP contribution in [0.4, 0.5) is 22.7 Å². The van der Waals surface area contributed by atoms with Crippen molar-refractivity contribution in [2.75, 3.05) is 37.1 Å². The van der Waals surface area contributed by atoms with E-state index < -0.39 is 45.3 Å². The molecule has 20 heteroatoms. The number of nitro benzene ring substituents is 2. The summed E-state index contributed by atoms with van der Waals surface area (Å²) in [6.45, 7) is 7.75. The Kier molecular flexibility index (Phi) is 20.5. The second-order valence-electron chi connectivity index (χ2n) is 18.0. The minimum Gasteiger partial charge on any atom is -0.494 e. The van der Waals surface area contributed by atoms with Crippen molar-refractivity contribution in [1.29, 1.82) is 0 Å². The molecule has 1 aliphatic carbocycles. The molecular formula is C60H56N4O16. The molecule has 0 aromatic heterocycles. The van der Waals surface area contributed by atoms with Crippen LogP contribution in [0.25, 0.3) is 0 Å². The van der Waals surface area contributed by atoms with Gasteiger partial charge in [-0.25, -0.2) is 19.2 Å². The number of anilines is 2. The van der Waals surface area contributed by atoms with Gasteiger partial charge in [0.15, 0.2) is 11.6 Å². The van der Waals surface area contributed by atoms with E-state index in [1.54, 1.807) is 36.4 Å². The molecule has 7 rings (SSSR count). The average molecular weight is 1090 g/mol. The number of carbonyl (C=O) groups excluding carboxylic acids is 6. The van der Waals surface area contributed by atoms with Gasteiger partial charge in [0, 0.05) is 83.1 Å². The van der Waals surface area contributed by atoms with E-state index in [9.17, 15) is 49.0 Å². The van der Waals surface area contributed by atoms with Gasteiger partial charge >= 0.3 is 23.9 Å². The number of non-ortho nitro benzene ring substituents is 2. The zero-order valence-corrected chi connectivity index (χ0v) is 43.4. The van der Waals surface area contributed by atoms with Crippen LogP contribution in [0, 0.1) is 20.2 Å². The number of esters is 4. The first-order chi connectivity index (χ1) is 38.7. The SMILES string of the molecule is C=CC(=O)OCCCCCCOc1ccc(C(=O)Oc2ccc([N+](=O)[O-])cc2CNc2ccc(NCc3cc([N+](=O)[O-])ccc3OC(=O)c3ccc(OCCCCCCOC(=O)C=C)cc3)c3c2C(=O)c2ccccc2C3=O)cc1. The van der Waals surface area contributed by atoms with Crippen LogP contribution in [-0.2, 0) is 32.2 Å². The minimum atomic E-state index is -0.766. The van der Waals surface area contributed by atoms with Crippen LogP contribution in [-0.4, -0.2) is 71.7 Å². The summed E-state index contributed by atoms with van der Waals surface area (Å²) in [7, 11) is 0. The standard InChI is InChI=1S/C60H56N4O16/c1-3-53(65)77-33-13-7-5-11-31-75-45-23-17-39(18-24-45)59(69)79-51-29-21-43(63(71)72)35-41(51)37-61-49-27-28-50(56-55(49)57(67)47-15-9-10-16-48(47)58(56)68)62-38-42-36-44(64(73)74)22-30-52(42)80-60(70)40-19-25-46(26-20-40)76-32-12-6-8-14-34-78-54(66)4-2/h3-4,9-10,15-30,35-36,61-62H,1-2,5-8,11-14,31-34,37-38H2. The molecule has 6 aromatic carbocycles. The van der Waals surface area contributed by atoms with Crippen LogP contribution >= 0.6 is 0 Å². The van der Waals surface area contributed by atoms with E-state index >= 15 is 0 Å². The van der Waals surface area contributed by atoms with Crippen LogP contribution < -0.4 is 29.6 Å². The van der Waals surface area contributed by atoms with Crippen molar-refractivity contribution in [2.24, 2.45) is 0 Å². The van der Waals surface area contributed by atoms with Crippen LogP contribution in [0.15, 0.2) is 147 Å². The summed E-state index contributed by atoms with van der Waals surface area (Å²) in [5.41, 5.74) is 0.528. The Hall–Kier alpha value is -9.98. The molecule has 412 valence electrons. The molecule has 0 unspecified atom stereocenters. The molecule has 20 nitrogen and oxygen atoms in total. The highest BCUT2D eigenvalue weighted by molar-refractivity contribution is 6.32. The predicted molar refractivity (Wildman–Crippen MR) is 294 cm³/mol. The van der Waals surface area contributed by atoms with Gasteiger partial charge in [0.25, 0.3) is 11.4 Å². The number of rotatable bonds is 30. The second kappa shape index (κ2) is 28.4. The maximum absolute atomic E-state index is 14.4. The Labute approximate surface area is 459 Å². The zero-order chi connectivity index (χ0) is 57.0. The van der Waals surface area contributed by atoms with E-state index in [0.717, 1.165) is 50.7 Å². The summed E-state index contributed by atoms with van der Waals surface area (Å²) >= 11 is 0. The molecular weight excluding hydrogens is 1030 g/mol. The van der Waals surface area contributed by atoms with Gasteiger partial charge < -0.3 is 39.1 Å². The number of ether oxygens (including phenoxy) is 6. The number of nitrogens with one attached hydrogen (secondary N) is 2. The normalized spacial score (nSPS) is 11.2. The Morgan fingerprint density at radius 1 is 0.487 bits per heavy atom. The lowest BCUT2D eigenvalue weighted by Gasteiger charge is -2.24. The highest BCUT2D eigenvalue weighted by Gasteiger charge is 2.34. The Morgan fingerprint density at radius 3 is 1.23 bits per heavy atom. The molecule has 0 aliphatic heterocycles. The van der Waals surface area contributed by atoms with Crippen molar-refractivity contribution in [3.05, 3.63) is 211 Å². The van der Waals surface area contributed by atoms with Gasteiger partial charge in [0.05, 0.1) is 58.5 Å². The summed E-state index contributed by atoms with van der Waals surface area (Å²) < 4.78 is 33.1. The molecule has 0 saturated carbocycles. The maximum atomic E-state index is 14.4. The lowest BCUT2D eigenvalue weighted by Crippen LogP contribution is -2.24. The lowest BCUT2D eigenvalue weighted by atomic mass is 9.82. The third kappa shape index (κ3) is 15.6. The number of hydrogen-bond donors (Lipinski definition) is 2. The molecule has 1 aliphatic rings. The van der Waals surface area contributed by atoms with E-state index in [4.69, 9.17) is 28.4 Å². The second-order valence-corrected chi connectivity index (χ2v) is 18.0. The van der Waals surface area contributed by atoms with E-state index in [-0.39, 0.29) is 91.8 Å². The van der Waals surface area contributed by atoms with Gasteiger partial charge in [-0.05, 0) is 124 Å². The highest BCUT2D eigenvalue weighted by atomic mass is 16.6. The van der Waals surface area contributed by atoms with E-state index in [1.807, 2.05) is 0 Å². The minimum absolute atomic E-state index is 0.0198. The summed E-state index contributed by atoms with van der Waals surface area (Å²) in [5.74, 6) is -2.49. The molecule has 0 radical (unpaired) electrons. The Bertz CT molecular complexity index is 3080. The fraction of sp³-hybridized carbons (Fsp3) is 0.233. The quantitative estimate of drug-likeness (QED) is 0.0106. The topological polar surface area (TPSA) is 268 Å². The molecule has 0 bridgehead atoms. The number of benzene rings is 6. The fourth-order valence-corrected chi connectivity index (χ4v) is 8.38. The molecule has 0 spiro atoms. The number of carbonyl (C=O) groups is 6. The van der Waals surface area contributed by atoms with Gasteiger partial charge in [-0.2, -0.15) is 0 Å². The van der Waals surface area contributed by atoms with Crippen LogP contribution in [0.3, 0.4) is 0 Å². The van der Waals surface area contributed by atoms with Gasteiger partial charge in [-0.1, -0.05) is 37.4 Å². The average Bonchev–Trinajstić information content (AvgIpc) is 3.48. The molecule has 80 heavy (non-hydrogen) atoms. The first-order valence-corrected chi connectivity index (χ1v) is 25.6. The number of ketones is 2. The first kappa shape index (κ1) is 57.7. The fourth-order valence-electron chi connectivity index (χ4n) is 8.38. The third-order valence-electron chi connectivity index (χ3n) is 12.5. The van der Waals surface area contributed by atoms with Gasteiger partial charge in [-0.3, -0.25) is 29.8 Å². The summed E-state index contributed by atoms with van der Waals surface area (Å²) in [5, 5.41) is 30.2. The lowest BCUT2D eigenvalue weighted by molar-refractivity contribution is -0.385. The molecule has 0 atom stereocenters. The molecule has 0 fully saturated rings. The van der Waals surface area contributed by atoms with Crippen molar-refractivity contribution in [2.45, 2.75) is 64.5 Å². The number of unbranched alkanes of at least 4 members (excludes halogenated alkanes) is 6. The maximum Gasteiger partial charge on any atom is 0.343 e. The van der Waals surface area contributed by atoms with E-state index in [0.29, 0.717) is 50.8 Å². The number of nitro groups is 2. The van der Waals surface area contributed by atoms with Crippen molar-refractivity contribution >= 4 is 58.2 Å². The van der Waals surface area contributed by atoms with Gasteiger partial charge in [-0.15, -0.1) is 0 Å². The van der Waals surface area contributed by atoms with Gasteiger partial charge in [0.1, 0.15) is 23.0 Å².